The number of anilines is 1. The summed E-state index contributed by atoms with van der Waals surface area (Å²) in [7, 11) is 0. The highest BCUT2D eigenvalue weighted by atomic mass is 32.2. The van der Waals surface area contributed by atoms with Crippen molar-refractivity contribution in [1.29, 1.82) is 0 Å². The van der Waals surface area contributed by atoms with Crippen molar-refractivity contribution in [1.82, 2.24) is 4.90 Å². The second-order valence-corrected chi connectivity index (χ2v) is 6.79. The van der Waals surface area contributed by atoms with Gasteiger partial charge in [0.1, 0.15) is 0 Å². The molecule has 25 heavy (non-hydrogen) atoms. The molecule has 0 spiro atoms. The minimum atomic E-state index is -0.0811. The van der Waals surface area contributed by atoms with E-state index in [-0.39, 0.29) is 11.8 Å². The molecule has 132 valence electrons. The molecular weight excluding hydrogens is 338 g/mol. The molecule has 0 saturated carbocycles. The van der Waals surface area contributed by atoms with Gasteiger partial charge in [-0.15, -0.1) is 11.8 Å². The van der Waals surface area contributed by atoms with E-state index in [1.165, 1.54) is 11.2 Å². The molecule has 1 aromatic heterocycles. The number of hydrogen-bond acceptors (Lipinski definition) is 4. The molecule has 3 rings (SSSR count). The van der Waals surface area contributed by atoms with Crippen LogP contribution in [-0.2, 0) is 4.79 Å². The van der Waals surface area contributed by atoms with Crippen LogP contribution < -0.4 is 10.2 Å². The van der Waals surface area contributed by atoms with Gasteiger partial charge in [0.2, 0.25) is 0 Å². The summed E-state index contributed by atoms with van der Waals surface area (Å²) in [6, 6.07) is 11.2. The van der Waals surface area contributed by atoms with Crippen LogP contribution in [0.4, 0.5) is 5.69 Å². The van der Waals surface area contributed by atoms with Gasteiger partial charge >= 0.3 is 0 Å². The Kier molecular flexibility index (Phi) is 5.78. The molecule has 7 heteroatoms. The van der Waals surface area contributed by atoms with Crippen molar-refractivity contribution in [2.75, 3.05) is 44.3 Å². The van der Waals surface area contributed by atoms with Gasteiger partial charge in [-0.25, -0.2) is 0 Å². The lowest BCUT2D eigenvalue weighted by molar-refractivity contribution is -0.895. The second kappa shape index (κ2) is 8.22. The molecular formula is C18H22N3O3S+. The predicted octanol–water partition coefficient (Wildman–Crippen LogP) is 0.981. The number of rotatable bonds is 5. The Labute approximate surface area is 151 Å². The average molecular weight is 360 g/mol. The Morgan fingerprint density at radius 2 is 1.96 bits per heavy atom. The zero-order valence-electron chi connectivity index (χ0n) is 14.2. The Morgan fingerprint density at radius 1 is 1.20 bits per heavy atom. The molecule has 0 aliphatic carbocycles. The number of hydrogen-bond donors (Lipinski definition) is 2. The molecule has 6 nitrogen and oxygen atoms in total. The van der Waals surface area contributed by atoms with Crippen molar-refractivity contribution in [3.8, 4) is 0 Å². The normalized spacial score (nSPS) is 15.2. The molecule has 2 amide bonds. The maximum Gasteiger partial charge on any atom is 0.289 e. The SMILES string of the molecule is CSc1ccccc1NC(=O)C[NH+]1CCN(C(=O)c2ccco2)CC1. The van der Waals surface area contributed by atoms with Gasteiger partial charge in [0, 0.05) is 4.90 Å². The van der Waals surface area contributed by atoms with E-state index in [0.717, 1.165) is 23.7 Å². The van der Waals surface area contributed by atoms with Crippen LogP contribution in [0, 0.1) is 0 Å². The molecule has 1 aliphatic rings. The largest absolute Gasteiger partial charge is 0.459 e. The number of thioether (sulfide) groups is 1. The van der Waals surface area contributed by atoms with E-state index in [2.05, 4.69) is 5.32 Å². The highest BCUT2D eigenvalue weighted by molar-refractivity contribution is 7.98. The lowest BCUT2D eigenvalue weighted by Crippen LogP contribution is -3.15. The Morgan fingerprint density at radius 3 is 2.64 bits per heavy atom. The lowest BCUT2D eigenvalue weighted by atomic mass is 10.2. The smallest absolute Gasteiger partial charge is 0.289 e. The number of amides is 2. The van der Waals surface area contributed by atoms with Crippen LogP contribution in [0.15, 0.2) is 52.0 Å². The van der Waals surface area contributed by atoms with Crippen LogP contribution >= 0.6 is 11.8 Å². The standard InChI is InChI=1S/C18H21N3O3S/c1-25-16-7-3-2-5-14(16)19-17(22)13-20-8-10-21(11-9-20)18(23)15-6-4-12-24-15/h2-7,12H,8-11,13H2,1H3,(H,19,22)/p+1. The van der Waals surface area contributed by atoms with Crippen molar-refractivity contribution in [3.63, 3.8) is 0 Å². The number of furan rings is 1. The molecule has 2 N–H and O–H groups in total. The number of para-hydroxylation sites is 1. The number of carbonyl (C=O) groups is 2. The molecule has 0 unspecified atom stereocenters. The Bertz CT molecular complexity index is 725. The average Bonchev–Trinajstić information content (AvgIpc) is 3.17. The number of nitrogens with one attached hydrogen (secondary N) is 2. The van der Waals surface area contributed by atoms with E-state index in [1.807, 2.05) is 30.5 Å². The fraction of sp³-hybridized carbons (Fsp3) is 0.333. The first-order valence-corrected chi connectivity index (χ1v) is 9.49. The lowest BCUT2D eigenvalue weighted by Gasteiger charge is -2.31. The van der Waals surface area contributed by atoms with E-state index in [4.69, 9.17) is 4.42 Å². The molecule has 0 bridgehead atoms. The third-order valence-corrected chi connectivity index (χ3v) is 5.08. The monoisotopic (exact) mass is 360 g/mol. The second-order valence-electron chi connectivity index (χ2n) is 5.94. The predicted molar refractivity (Wildman–Crippen MR) is 97.0 cm³/mol. The van der Waals surface area contributed by atoms with Gasteiger partial charge in [0.05, 0.1) is 38.1 Å². The van der Waals surface area contributed by atoms with Gasteiger partial charge in [0.15, 0.2) is 12.3 Å². The Balaban J connectivity index is 1.49. The quantitative estimate of drug-likeness (QED) is 0.780. The maximum absolute atomic E-state index is 12.3. The fourth-order valence-electron chi connectivity index (χ4n) is 2.93. The Hall–Kier alpha value is -2.25. The van der Waals surface area contributed by atoms with Gasteiger partial charge in [0.25, 0.3) is 11.8 Å². The summed E-state index contributed by atoms with van der Waals surface area (Å²) in [4.78, 5) is 28.6. The number of carbonyl (C=O) groups excluding carboxylic acids is 2. The van der Waals surface area contributed by atoms with Gasteiger partial charge in [-0.1, -0.05) is 12.1 Å². The van der Waals surface area contributed by atoms with Crippen molar-refractivity contribution < 1.29 is 18.9 Å². The van der Waals surface area contributed by atoms with E-state index < -0.39 is 0 Å². The van der Waals surface area contributed by atoms with Gasteiger partial charge in [-0.3, -0.25) is 9.59 Å². The first-order chi connectivity index (χ1) is 12.2. The minimum absolute atomic E-state index is 0.00214. The van der Waals surface area contributed by atoms with Crippen LogP contribution in [0.2, 0.25) is 0 Å². The van der Waals surface area contributed by atoms with Crippen LogP contribution in [0.5, 0.6) is 0 Å². The molecule has 2 aromatic rings. The molecule has 2 heterocycles. The number of benzene rings is 1. The summed E-state index contributed by atoms with van der Waals surface area (Å²) in [5.41, 5.74) is 0.853. The van der Waals surface area contributed by atoms with Crippen molar-refractivity contribution in [2.24, 2.45) is 0 Å². The van der Waals surface area contributed by atoms with E-state index in [9.17, 15) is 9.59 Å². The van der Waals surface area contributed by atoms with Crippen LogP contribution in [0.3, 0.4) is 0 Å². The first kappa shape index (κ1) is 17.6. The summed E-state index contributed by atoms with van der Waals surface area (Å²) < 4.78 is 5.16. The highest BCUT2D eigenvalue weighted by Gasteiger charge is 2.27. The fourth-order valence-corrected chi connectivity index (χ4v) is 3.48. The molecule has 1 aliphatic heterocycles. The topological polar surface area (TPSA) is 67.0 Å². The van der Waals surface area contributed by atoms with Gasteiger partial charge in [-0.05, 0) is 30.5 Å². The van der Waals surface area contributed by atoms with Gasteiger partial charge < -0.3 is 19.5 Å². The summed E-state index contributed by atoms with van der Waals surface area (Å²) >= 11 is 1.61. The third kappa shape index (κ3) is 4.43. The van der Waals surface area contributed by atoms with E-state index >= 15 is 0 Å². The molecule has 1 fully saturated rings. The highest BCUT2D eigenvalue weighted by Crippen LogP contribution is 2.24. The summed E-state index contributed by atoms with van der Waals surface area (Å²) in [6.45, 7) is 3.17. The zero-order valence-corrected chi connectivity index (χ0v) is 15.0. The van der Waals surface area contributed by atoms with Crippen LogP contribution in [-0.4, -0.2) is 55.7 Å². The third-order valence-electron chi connectivity index (χ3n) is 4.28. The van der Waals surface area contributed by atoms with Crippen molar-refractivity contribution in [2.45, 2.75) is 4.90 Å². The van der Waals surface area contributed by atoms with E-state index in [1.54, 1.807) is 28.8 Å². The molecule has 0 radical (unpaired) electrons. The molecule has 1 aromatic carbocycles. The summed E-state index contributed by atoms with van der Waals surface area (Å²) in [5, 5.41) is 2.99. The maximum atomic E-state index is 12.3. The van der Waals surface area contributed by atoms with Crippen molar-refractivity contribution in [3.05, 3.63) is 48.4 Å². The first-order valence-electron chi connectivity index (χ1n) is 8.26. The molecule has 1 saturated heterocycles. The van der Waals surface area contributed by atoms with Crippen LogP contribution in [0.1, 0.15) is 10.6 Å². The number of nitrogens with zero attached hydrogens (tertiary/aromatic N) is 1. The minimum Gasteiger partial charge on any atom is -0.459 e. The summed E-state index contributed by atoms with van der Waals surface area (Å²) in [6.07, 6.45) is 3.50. The van der Waals surface area contributed by atoms with Crippen molar-refractivity contribution >= 4 is 29.3 Å². The van der Waals surface area contributed by atoms with Crippen LogP contribution in [0.25, 0.3) is 0 Å². The molecule has 0 atom stereocenters. The zero-order chi connectivity index (χ0) is 17.6. The van der Waals surface area contributed by atoms with E-state index in [0.29, 0.717) is 25.4 Å². The van der Waals surface area contributed by atoms with Gasteiger partial charge in [-0.2, -0.15) is 0 Å². The number of piperazine rings is 1. The number of quaternary nitrogens is 1. The summed E-state index contributed by atoms with van der Waals surface area (Å²) in [5.74, 6) is 0.291.